The van der Waals surface area contributed by atoms with Crippen molar-refractivity contribution in [3.8, 4) is 0 Å². The molecule has 2 N–H and O–H groups in total. The summed E-state index contributed by atoms with van der Waals surface area (Å²) < 4.78 is 7.66. The Morgan fingerprint density at radius 1 is 1.53 bits per heavy atom. The Bertz CT molecular complexity index is 391. The van der Waals surface area contributed by atoms with E-state index in [2.05, 4.69) is 30.0 Å². The molecule has 5 heteroatoms. The average Bonchev–Trinajstić information content (AvgIpc) is 2.82. The van der Waals surface area contributed by atoms with Crippen molar-refractivity contribution >= 4 is 0 Å². The Morgan fingerprint density at radius 2 is 2.32 bits per heavy atom. The second-order valence-corrected chi connectivity index (χ2v) is 5.72. The molecule has 0 saturated carbocycles. The van der Waals surface area contributed by atoms with Crippen LogP contribution in [0.1, 0.15) is 25.8 Å². The summed E-state index contributed by atoms with van der Waals surface area (Å²) in [6, 6.07) is 0.665. The number of nitrogens with two attached hydrogens (primary N) is 1. The maximum absolute atomic E-state index is 6.29. The Morgan fingerprint density at radius 3 is 2.95 bits per heavy atom. The highest BCUT2D eigenvalue weighted by atomic mass is 16.5. The number of rotatable bonds is 5. The van der Waals surface area contributed by atoms with Gasteiger partial charge in [0, 0.05) is 38.4 Å². The Kier molecular flexibility index (Phi) is 4.96. The fourth-order valence-corrected chi connectivity index (χ4v) is 2.54. The van der Waals surface area contributed by atoms with Gasteiger partial charge in [-0.15, -0.1) is 0 Å². The molecule has 0 amide bonds. The normalized spacial score (nSPS) is 22.9. The molecule has 0 radical (unpaired) electrons. The van der Waals surface area contributed by atoms with Crippen molar-refractivity contribution < 1.29 is 4.74 Å². The quantitative estimate of drug-likeness (QED) is 0.856. The van der Waals surface area contributed by atoms with Gasteiger partial charge in [0.1, 0.15) is 0 Å². The first kappa shape index (κ1) is 14.5. The highest BCUT2D eigenvalue weighted by Crippen LogP contribution is 2.14. The second-order valence-electron chi connectivity index (χ2n) is 5.72. The molecule has 1 fully saturated rings. The number of hydrogen-bond acceptors (Lipinski definition) is 4. The molecule has 2 unspecified atom stereocenters. The van der Waals surface area contributed by atoms with Crippen LogP contribution in [0.25, 0.3) is 0 Å². The Labute approximate surface area is 115 Å². The highest BCUT2D eigenvalue weighted by molar-refractivity contribution is 5.04. The molecule has 0 bridgehead atoms. The molecule has 19 heavy (non-hydrogen) atoms. The Hall–Kier alpha value is -0.910. The van der Waals surface area contributed by atoms with E-state index in [1.165, 1.54) is 5.56 Å². The minimum atomic E-state index is 0.0988. The first-order valence-corrected chi connectivity index (χ1v) is 7.15. The fraction of sp³-hybridized carbons (Fsp3) is 0.786. The van der Waals surface area contributed by atoms with Crippen LogP contribution in [0.2, 0.25) is 0 Å². The van der Waals surface area contributed by atoms with Gasteiger partial charge in [-0.05, 0) is 32.3 Å². The van der Waals surface area contributed by atoms with Crippen LogP contribution in [-0.2, 0) is 18.2 Å². The number of aromatic nitrogens is 2. The fourth-order valence-electron chi connectivity index (χ4n) is 2.54. The topological polar surface area (TPSA) is 56.3 Å². The predicted octanol–water partition coefficient (Wildman–Crippen LogP) is 0.789. The van der Waals surface area contributed by atoms with Crippen LogP contribution in [-0.4, -0.2) is 52.6 Å². The maximum Gasteiger partial charge on any atom is 0.0853 e. The minimum Gasteiger partial charge on any atom is -0.374 e. The summed E-state index contributed by atoms with van der Waals surface area (Å²) in [7, 11) is 1.94. The molecule has 108 valence electrons. The number of morpholine rings is 1. The number of nitrogens with zero attached hydrogens (tertiary/aromatic N) is 3. The maximum atomic E-state index is 6.29. The van der Waals surface area contributed by atoms with Crippen molar-refractivity contribution in [1.29, 1.82) is 0 Å². The number of aryl methyl sites for hydroxylation is 2. The summed E-state index contributed by atoms with van der Waals surface area (Å²) in [6.45, 7) is 7.21. The third-order valence-corrected chi connectivity index (χ3v) is 3.86. The lowest BCUT2D eigenvalue weighted by atomic mass is 10.0. The van der Waals surface area contributed by atoms with E-state index in [-0.39, 0.29) is 12.1 Å². The van der Waals surface area contributed by atoms with E-state index < -0.39 is 0 Å². The molecule has 1 aliphatic rings. The standard InChI is InChI=1S/C14H26N4O/c1-11(2)18-6-7-19-14(10-18)13(15)5-4-12-8-16-17(3)9-12/h8-9,11,13-14H,4-7,10,15H2,1-3H3. The molecule has 0 aromatic carbocycles. The van der Waals surface area contributed by atoms with Gasteiger partial charge in [0.25, 0.3) is 0 Å². The average molecular weight is 266 g/mol. The zero-order chi connectivity index (χ0) is 13.8. The zero-order valence-electron chi connectivity index (χ0n) is 12.2. The molecule has 1 aromatic rings. The first-order chi connectivity index (χ1) is 9.06. The van der Waals surface area contributed by atoms with E-state index >= 15 is 0 Å². The van der Waals surface area contributed by atoms with Crippen LogP contribution < -0.4 is 5.73 Å². The van der Waals surface area contributed by atoms with Crippen molar-refractivity contribution in [2.24, 2.45) is 12.8 Å². The molecule has 0 spiro atoms. The van der Waals surface area contributed by atoms with E-state index in [0.29, 0.717) is 6.04 Å². The molecule has 1 aromatic heterocycles. The van der Waals surface area contributed by atoms with Gasteiger partial charge in [0.15, 0.2) is 0 Å². The van der Waals surface area contributed by atoms with E-state index in [9.17, 15) is 0 Å². The molecule has 1 aliphatic heterocycles. The van der Waals surface area contributed by atoms with Crippen molar-refractivity contribution in [3.63, 3.8) is 0 Å². The van der Waals surface area contributed by atoms with Gasteiger partial charge in [-0.25, -0.2) is 0 Å². The summed E-state index contributed by atoms with van der Waals surface area (Å²) in [6.07, 6.45) is 6.04. The third kappa shape index (κ3) is 4.03. The van der Waals surface area contributed by atoms with Crippen LogP contribution >= 0.6 is 0 Å². The van der Waals surface area contributed by atoms with Crippen molar-refractivity contribution in [2.45, 2.75) is 44.9 Å². The number of ether oxygens (including phenoxy) is 1. The van der Waals surface area contributed by atoms with Gasteiger partial charge in [0.2, 0.25) is 0 Å². The molecule has 0 aliphatic carbocycles. The monoisotopic (exact) mass is 266 g/mol. The summed E-state index contributed by atoms with van der Waals surface area (Å²) in [4.78, 5) is 2.44. The summed E-state index contributed by atoms with van der Waals surface area (Å²) in [5.74, 6) is 0. The second kappa shape index (κ2) is 6.50. The van der Waals surface area contributed by atoms with Crippen molar-refractivity contribution in [3.05, 3.63) is 18.0 Å². The Balaban J connectivity index is 1.80. The largest absolute Gasteiger partial charge is 0.374 e. The van der Waals surface area contributed by atoms with Gasteiger partial charge in [-0.3, -0.25) is 9.58 Å². The lowest BCUT2D eigenvalue weighted by Gasteiger charge is -2.37. The third-order valence-electron chi connectivity index (χ3n) is 3.86. The smallest absolute Gasteiger partial charge is 0.0853 e. The highest BCUT2D eigenvalue weighted by Gasteiger charge is 2.26. The lowest BCUT2D eigenvalue weighted by Crippen LogP contribution is -2.52. The van der Waals surface area contributed by atoms with E-state index in [1.54, 1.807) is 0 Å². The van der Waals surface area contributed by atoms with Gasteiger partial charge in [0.05, 0.1) is 18.9 Å². The van der Waals surface area contributed by atoms with E-state index in [4.69, 9.17) is 10.5 Å². The van der Waals surface area contributed by atoms with Crippen LogP contribution in [0, 0.1) is 0 Å². The van der Waals surface area contributed by atoms with Crippen LogP contribution in [0.3, 0.4) is 0 Å². The summed E-state index contributed by atoms with van der Waals surface area (Å²) >= 11 is 0. The molecule has 2 heterocycles. The van der Waals surface area contributed by atoms with Crippen LogP contribution in [0.5, 0.6) is 0 Å². The van der Waals surface area contributed by atoms with Crippen molar-refractivity contribution in [2.75, 3.05) is 19.7 Å². The van der Waals surface area contributed by atoms with Gasteiger partial charge >= 0.3 is 0 Å². The van der Waals surface area contributed by atoms with Gasteiger partial charge in [-0.1, -0.05) is 0 Å². The molecular weight excluding hydrogens is 240 g/mol. The lowest BCUT2D eigenvalue weighted by molar-refractivity contribution is -0.0506. The van der Waals surface area contributed by atoms with Gasteiger partial charge < -0.3 is 10.5 Å². The first-order valence-electron chi connectivity index (χ1n) is 7.15. The van der Waals surface area contributed by atoms with Crippen LogP contribution in [0.15, 0.2) is 12.4 Å². The molecule has 1 saturated heterocycles. The minimum absolute atomic E-state index is 0.0988. The summed E-state index contributed by atoms with van der Waals surface area (Å²) in [5.41, 5.74) is 7.53. The molecule has 2 atom stereocenters. The van der Waals surface area contributed by atoms with Gasteiger partial charge in [-0.2, -0.15) is 5.10 Å². The van der Waals surface area contributed by atoms with E-state index in [0.717, 1.165) is 32.5 Å². The summed E-state index contributed by atoms with van der Waals surface area (Å²) in [5, 5.41) is 4.18. The molecule has 2 rings (SSSR count). The van der Waals surface area contributed by atoms with Crippen LogP contribution in [0.4, 0.5) is 0 Å². The van der Waals surface area contributed by atoms with Crippen molar-refractivity contribution in [1.82, 2.24) is 14.7 Å². The SMILES string of the molecule is CC(C)N1CCOC(C(N)CCc2cnn(C)c2)C1. The zero-order valence-corrected chi connectivity index (χ0v) is 12.2. The number of hydrogen-bond donors (Lipinski definition) is 1. The molecular formula is C14H26N4O. The predicted molar refractivity (Wildman–Crippen MR) is 76.0 cm³/mol. The van der Waals surface area contributed by atoms with E-state index in [1.807, 2.05) is 17.9 Å². The molecule has 5 nitrogen and oxygen atoms in total.